The number of rotatable bonds is 3. The SMILES string of the molecule is COc1nc(C(=O)C2CCNC2C)cs1. The van der Waals surface area contributed by atoms with Crippen LogP contribution in [0.4, 0.5) is 0 Å². The number of thiazole rings is 1. The average Bonchev–Trinajstić information content (AvgIpc) is 2.84. The molecule has 2 rings (SSSR count). The van der Waals surface area contributed by atoms with E-state index in [0.717, 1.165) is 13.0 Å². The fraction of sp³-hybridized carbons (Fsp3) is 0.600. The Bertz CT molecular complexity index is 364. The third-order valence-electron chi connectivity index (χ3n) is 2.77. The van der Waals surface area contributed by atoms with Crippen LogP contribution in [0.2, 0.25) is 0 Å². The molecule has 1 N–H and O–H groups in total. The van der Waals surface area contributed by atoms with Crippen molar-refractivity contribution in [3.05, 3.63) is 11.1 Å². The summed E-state index contributed by atoms with van der Waals surface area (Å²) in [5.74, 6) is 0.198. The van der Waals surface area contributed by atoms with E-state index in [4.69, 9.17) is 4.74 Å². The lowest BCUT2D eigenvalue weighted by Gasteiger charge is -2.11. The number of hydrogen-bond acceptors (Lipinski definition) is 5. The number of hydrogen-bond donors (Lipinski definition) is 1. The zero-order valence-electron chi connectivity index (χ0n) is 8.82. The highest BCUT2D eigenvalue weighted by Gasteiger charge is 2.31. The van der Waals surface area contributed by atoms with Crippen molar-refractivity contribution in [3.63, 3.8) is 0 Å². The standard InChI is InChI=1S/C10H14N2O2S/c1-6-7(3-4-11-6)9(13)8-5-15-10(12-8)14-2/h5-7,11H,3-4H2,1-2H3. The maximum Gasteiger partial charge on any atom is 0.273 e. The van der Waals surface area contributed by atoms with Crippen molar-refractivity contribution in [3.8, 4) is 5.19 Å². The summed E-state index contributed by atoms with van der Waals surface area (Å²) in [7, 11) is 1.56. The molecular formula is C10H14N2O2S. The molecule has 1 aromatic heterocycles. The van der Waals surface area contributed by atoms with Crippen molar-refractivity contribution in [2.45, 2.75) is 19.4 Å². The summed E-state index contributed by atoms with van der Waals surface area (Å²) in [6.45, 7) is 2.96. The number of ketones is 1. The first-order valence-corrected chi connectivity index (χ1v) is 5.87. The molecule has 1 aromatic rings. The van der Waals surface area contributed by atoms with Crippen LogP contribution >= 0.6 is 11.3 Å². The minimum Gasteiger partial charge on any atom is -0.473 e. The number of methoxy groups -OCH3 is 1. The molecule has 0 amide bonds. The van der Waals surface area contributed by atoms with Crippen LogP contribution in [0.1, 0.15) is 23.8 Å². The minimum atomic E-state index is 0.0665. The molecule has 4 nitrogen and oxygen atoms in total. The molecule has 0 bridgehead atoms. The van der Waals surface area contributed by atoms with E-state index < -0.39 is 0 Å². The summed E-state index contributed by atoms with van der Waals surface area (Å²) in [6.07, 6.45) is 0.903. The van der Waals surface area contributed by atoms with Crippen LogP contribution in [0.15, 0.2) is 5.38 Å². The zero-order valence-corrected chi connectivity index (χ0v) is 9.63. The van der Waals surface area contributed by atoms with Crippen LogP contribution < -0.4 is 10.1 Å². The molecule has 2 unspecified atom stereocenters. The first kappa shape index (κ1) is 10.6. The third-order valence-corrected chi connectivity index (χ3v) is 3.57. The first-order chi connectivity index (χ1) is 7.22. The van der Waals surface area contributed by atoms with Gasteiger partial charge in [-0.1, -0.05) is 11.3 Å². The second kappa shape index (κ2) is 4.28. The number of ether oxygens (including phenoxy) is 1. The smallest absolute Gasteiger partial charge is 0.273 e. The van der Waals surface area contributed by atoms with Crippen molar-refractivity contribution in [1.82, 2.24) is 10.3 Å². The predicted octanol–water partition coefficient (Wildman–Crippen LogP) is 1.33. The van der Waals surface area contributed by atoms with Crippen LogP contribution in [0, 0.1) is 5.92 Å². The van der Waals surface area contributed by atoms with Gasteiger partial charge in [0, 0.05) is 17.3 Å². The Morgan fingerprint density at radius 3 is 3.07 bits per heavy atom. The number of carbonyl (C=O) groups excluding carboxylic acids is 1. The number of nitrogens with zero attached hydrogens (tertiary/aromatic N) is 1. The van der Waals surface area contributed by atoms with E-state index in [9.17, 15) is 4.79 Å². The molecule has 0 saturated carbocycles. The van der Waals surface area contributed by atoms with Crippen molar-refractivity contribution < 1.29 is 9.53 Å². The van der Waals surface area contributed by atoms with Crippen LogP contribution in [0.3, 0.4) is 0 Å². The highest BCUT2D eigenvalue weighted by molar-refractivity contribution is 7.11. The highest BCUT2D eigenvalue weighted by Crippen LogP contribution is 2.24. The van der Waals surface area contributed by atoms with E-state index >= 15 is 0 Å². The average molecular weight is 226 g/mol. The Kier molecular flexibility index (Phi) is 3.02. The molecule has 15 heavy (non-hydrogen) atoms. The van der Waals surface area contributed by atoms with Gasteiger partial charge >= 0.3 is 0 Å². The number of aromatic nitrogens is 1. The van der Waals surface area contributed by atoms with Gasteiger partial charge in [-0.25, -0.2) is 0 Å². The van der Waals surface area contributed by atoms with E-state index in [0.29, 0.717) is 10.9 Å². The summed E-state index contributed by atoms with van der Waals surface area (Å²) in [5, 5.41) is 5.59. The number of Topliss-reactive ketones (excluding diaryl/α,β-unsaturated/α-hetero) is 1. The van der Waals surface area contributed by atoms with Crippen molar-refractivity contribution >= 4 is 17.1 Å². The summed E-state index contributed by atoms with van der Waals surface area (Å²) >= 11 is 1.36. The molecule has 1 saturated heterocycles. The fourth-order valence-corrected chi connectivity index (χ4v) is 2.50. The molecular weight excluding hydrogens is 212 g/mol. The van der Waals surface area contributed by atoms with E-state index in [2.05, 4.69) is 10.3 Å². The normalized spacial score (nSPS) is 25.5. The van der Waals surface area contributed by atoms with Gasteiger partial charge in [0.2, 0.25) is 0 Å². The van der Waals surface area contributed by atoms with Crippen LogP contribution in [0.5, 0.6) is 5.19 Å². The van der Waals surface area contributed by atoms with Gasteiger partial charge in [-0.2, -0.15) is 4.98 Å². The van der Waals surface area contributed by atoms with Gasteiger partial charge in [-0.3, -0.25) is 4.79 Å². The van der Waals surface area contributed by atoms with E-state index in [1.165, 1.54) is 11.3 Å². The van der Waals surface area contributed by atoms with Gasteiger partial charge in [0.05, 0.1) is 7.11 Å². The Morgan fingerprint density at radius 1 is 1.73 bits per heavy atom. The Hall–Kier alpha value is -0.940. The fourth-order valence-electron chi connectivity index (χ4n) is 1.87. The van der Waals surface area contributed by atoms with Crippen LogP contribution in [-0.4, -0.2) is 30.5 Å². The number of nitrogens with one attached hydrogen (secondary N) is 1. The molecule has 0 spiro atoms. The Morgan fingerprint density at radius 2 is 2.53 bits per heavy atom. The molecule has 1 aliphatic rings. The summed E-state index contributed by atoms with van der Waals surface area (Å²) < 4.78 is 4.97. The van der Waals surface area contributed by atoms with Gasteiger partial charge < -0.3 is 10.1 Å². The van der Waals surface area contributed by atoms with Crippen molar-refractivity contribution in [2.75, 3.05) is 13.7 Å². The molecule has 2 atom stereocenters. The van der Waals surface area contributed by atoms with E-state index in [-0.39, 0.29) is 17.7 Å². The molecule has 0 radical (unpaired) electrons. The van der Waals surface area contributed by atoms with E-state index in [1.807, 2.05) is 6.92 Å². The van der Waals surface area contributed by atoms with Gasteiger partial charge in [0.15, 0.2) is 5.78 Å². The lowest BCUT2D eigenvalue weighted by molar-refractivity contribution is 0.0909. The van der Waals surface area contributed by atoms with Crippen molar-refractivity contribution in [1.29, 1.82) is 0 Å². The topological polar surface area (TPSA) is 51.2 Å². The lowest BCUT2D eigenvalue weighted by Crippen LogP contribution is -2.28. The Labute approximate surface area is 92.7 Å². The summed E-state index contributed by atoms with van der Waals surface area (Å²) in [4.78, 5) is 16.2. The summed E-state index contributed by atoms with van der Waals surface area (Å²) in [5.41, 5.74) is 0.539. The molecule has 5 heteroatoms. The molecule has 1 aliphatic heterocycles. The largest absolute Gasteiger partial charge is 0.473 e. The monoisotopic (exact) mass is 226 g/mol. The quantitative estimate of drug-likeness (QED) is 0.790. The molecule has 0 aromatic carbocycles. The molecule has 2 heterocycles. The zero-order chi connectivity index (χ0) is 10.8. The van der Waals surface area contributed by atoms with Crippen LogP contribution in [-0.2, 0) is 0 Å². The minimum absolute atomic E-state index is 0.0665. The van der Waals surface area contributed by atoms with Crippen molar-refractivity contribution in [2.24, 2.45) is 5.92 Å². The lowest BCUT2D eigenvalue weighted by atomic mass is 9.95. The maximum absolute atomic E-state index is 12.0. The van der Waals surface area contributed by atoms with Gasteiger partial charge in [-0.05, 0) is 19.9 Å². The summed E-state index contributed by atoms with van der Waals surface area (Å²) in [6, 6.07) is 0.255. The first-order valence-electron chi connectivity index (χ1n) is 4.99. The molecule has 82 valence electrons. The van der Waals surface area contributed by atoms with Gasteiger partial charge in [-0.15, -0.1) is 0 Å². The van der Waals surface area contributed by atoms with Gasteiger partial charge in [0.25, 0.3) is 5.19 Å². The van der Waals surface area contributed by atoms with Crippen LogP contribution in [0.25, 0.3) is 0 Å². The third kappa shape index (κ3) is 2.03. The predicted molar refractivity (Wildman–Crippen MR) is 58.6 cm³/mol. The Balaban J connectivity index is 2.13. The second-order valence-electron chi connectivity index (χ2n) is 3.70. The highest BCUT2D eigenvalue weighted by atomic mass is 32.1. The maximum atomic E-state index is 12.0. The molecule has 0 aliphatic carbocycles. The number of carbonyl (C=O) groups is 1. The van der Waals surface area contributed by atoms with Gasteiger partial charge in [0.1, 0.15) is 5.69 Å². The van der Waals surface area contributed by atoms with E-state index in [1.54, 1.807) is 12.5 Å². The second-order valence-corrected chi connectivity index (χ2v) is 4.53. The molecule has 1 fully saturated rings.